The van der Waals surface area contributed by atoms with Gasteiger partial charge >= 0.3 is 0 Å². The van der Waals surface area contributed by atoms with E-state index in [0.29, 0.717) is 0 Å². The lowest BCUT2D eigenvalue weighted by molar-refractivity contribution is 0.711. The van der Waals surface area contributed by atoms with Gasteiger partial charge in [-0.25, -0.2) is 4.98 Å². The van der Waals surface area contributed by atoms with Gasteiger partial charge in [0.1, 0.15) is 5.82 Å². The lowest BCUT2D eigenvalue weighted by Gasteiger charge is -2.21. The van der Waals surface area contributed by atoms with Crippen LogP contribution in [-0.4, -0.2) is 24.6 Å². The van der Waals surface area contributed by atoms with E-state index in [-0.39, 0.29) is 6.04 Å². The first kappa shape index (κ1) is 11.9. The maximum absolute atomic E-state index is 5.72. The Hall–Kier alpha value is -0.130. The predicted molar refractivity (Wildman–Crippen MR) is 66.6 cm³/mol. The van der Waals surface area contributed by atoms with Crippen molar-refractivity contribution in [2.24, 2.45) is 5.73 Å². The fourth-order valence-electron chi connectivity index (χ4n) is 1.21. The van der Waals surface area contributed by atoms with Crippen molar-refractivity contribution >= 4 is 37.7 Å². The minimum absolute atomic E-state index is 0.136. The van der Waals surface area contributed by atoms with Gasteiger partial charge in [-0.3, -0.25) is 0 Å². The third-order valence-corrected chi connectivity index (χ3v) is 2.73. The smallest absolute Gasteiger partial charge is 0.142 e. The number of nitrogens with zero attached hydrogens (tertiary/aromatic N) is 2. The Morgan fingerprint density at radius 2 is 2.21 bits per heavy atom. The molecule has 3 nitrogen and oxygen atoms in total. The monoisotopic (exact) mass is 321 g/mol. The van der Waals surface area contributed by atoms with Crippen LogP contribution in [0, 0.1) is 0 Å². The number of hydrogen-bond donors (Lipinski definition) is 1. The zero-order chi connectivity index (χ0) is 10.7. The number of aromatic nitrogens is 1. The highest BCUT2D eigenvalue weighted by molar-refractivity contribution is 9.11. The van der Waals surface area contributed by atoms with E-state index in [0.717, 1.165) is 21.3 Å². The van der Waals surface area contributed by atoms with E-state index in [9.17, 15) is 0 Å². The third-order valence-electron chi connectivity index (χ3n) is 1.71. The minimum Gasteiger partial charge on any atom is -0.357 e. The second-order valence-electron chi connectivity index (χ2n) is 3.32. The molecule has 0 saturated carbocycles. The summed E-state index contributed by atoms with van der Waals surface area (Å²) in [6, 6.07) is 2.11. The van der Waals surface area contributed by atoms with Crippen LogP contribution < -0.4 is 10.6 Å². The van der Waals surface area contributed by atoms with E-state index in [1.54, 1.807) is 6.20 Å². The Bertz CT molecular complexity index is 315. The molecule has 1 unspecified atom stereocenters. The molecule has 0 bridgehead atoms. The van der Waals surface area contributed by atoms with Gasteiger partial charge < -0.3 is 10.6 Å². The van der Waals surface area contributed by atoms with Gasteiger partial charge in [-0.1, -0.05) is 0 Å². The summed E-state index contributed by atoms with van der Waals surface area (Å²) in [6.07, 6.45) is 1.78. The number of pyridine rings is 1. The minimum atomic E-state index is 0.136. The summed E-state index contributed by atoms with van der Waals surface area (Å²) in [7, 11) is 1.98. The molecular formula is C9H13Br2N3. The quantitative estimate of drug-likeness (QED) is 0.929. The zero-order valence-corrected chi connectivity index (χ0v) is 11.3. The van der Waals surface area contributed by atoms with Crippen LogP contribution in [0.15, 0.2) is 21.2 Å². The van der Waals surface area contributed by atoms with E-state index in [4.69, 9.17) is 5.73 Å². The van der Waals surface area contributed by atoms with Crippen molar-refractivity contribution in [3.05, 3.63) is 21.2 Å². The van der Waals surface area contributed by atoms with Crippen LogP contribution in [0.4, 0.5) is 5.82 Å². The normalized spacial score (nSPS) is 12.6. The van der Waals surface area contributed by atoms with E-state index < -0.39 is 0 Å². The largest absolute Gasteiger partial charge is 0.357 e. The number of hydrogen-bond acceptors (Lipinski definition) is 3. The highest BCUT2D eigenvalue weighted by Gasteiger charge is 2.08. The van der Waals surface area contributed by atoms with Gasteiger partial charge in [0.05, 0.1) is 4.47 Å². The summed E-state index contributed by atoms with van der Waals surface area (Å²) in [5, 5.41) is 0. The molecule has 1 aromatic heterocycles. The highest BCUT2D eigenvalue weighted by atomic mass is 79.9. The van der Waals surface area contributed by atoms with Crippen LogP contribution in [0.25, 0.3) is 0 Å². The van der Waals surface area contributed by atoms with Crippen molar-refractivity contribution < 1.29 is 0 Å². The predicted octanol–water partition coefficient (Wildman–Crippen LogP) is 2.39. The number of anilines is 1. The molecule has 0 radical (unpaired) electrons. The molecule has 0 spiro atoms. The summed E-state index contributed by atoms with van der Waals surface area (Å²) in [5.74, 6) is 0.908. The van der Waals surface area contributed by atoms with E-state index in [1.165, 1.54) is 0 Å². The van der Waals surface area contributed by atoms with E-state index >= 15 is 0 Å². The lowest BCUT2D eigenvalue weighted by Crippen LogP contribution is -2.33. The maximum atomic E-state index is 5.72. The molecule has 0 aromatic carbocycles. The lowest BCUT2D eigenvalue weighted by atomic mass is 10.3. The Kier molecular flexibility index (Phi) is 4.34. The fourth-order valence-corrected chi connectivity index (χ4v) is 2.50. The van der Waals surface area contributed by atoms with Crippen LogP contribution in [0.2, 0.25) is 0 Å². The first-order chi connectivity index (χ1) is 6.50. The molecule has 0 aliphatic rings. The molecule has 1 rings (SSSR count). The van der Waals surface area contributed by atoms with Crippen LogP contribution in [0.1, 0.15) is 6.92 Å². The molecular weight excluding hydrogens is 310 g/mol. The topological polar surface area (TPSA) is 42.1 Å². The molecule has 1 aromatic rings. The van der Waals surface area contributed by atoms with Crippen molar-refractivity contribution in [3.8, 4) is 0 Å². The standard InChI is InChI=1S/C9H13Br2N3/c1-6(12)5-14(2)9-8(11)3-7(10)4-13-9/h3-4,6H,5,12H2,1-2H3. The number of nitrogens with two attached hydrogens (primary N) is 1. The molecule has 0 saturated heterocycles. The maximum Gasteiger partial charge on any atom is 0.142 e. The van der Waals surface area contributed by atoms with Crippen molar-refractivity contribution in [2.75, 3.05) is 18.5 Å². The highest BCUT2D eigenvalue weighted by Crippen LogP contribution is 2.25. The molecule has 1 atom stereocenters. The fraction of sp³-hybridized carbons (Fsp3) is 0.444. The van der Waals surface area contributed by atoms with Crippen LogP contribution in [0.5, 0.6) is 0 Å². The van der Waals surface area contributed by atoms with Crippen LogP contribution in [0.3, 0.4) is 0 Å². The zero-order valence-electron chi connectivity index (χ0n) is 8.17. The van der Waals surface area contributed by atoms with Gasteiger partial charge in [-0.05, 0) is 44.8 Å². The van der Waals surface area contributed by atoms with Crippen molar-refractivity contribution in [1.29, 1.82) is 0 Å². The Balaban J connectivity index is 2.84. The molecule has 78 valence electrons. The summed E-state index contributed by atoms with van der Waals surface area (Å²) in [6.45, 7) is 2.76. The molecule has 1 heterocycles. The van der Waals surface area contributed by atoms with Crippen LogP contribution in [-0.2, 0) is 0 Å². The van der Waals surface area contributed by atoms with Crippen LogP contribution >= 0.6 is 31.9 Å². The van der Waals surface area contributed by atoms with Crippen molar-refractivity contribution in [2.45, 2.75) is 13.0 Å². The van der Waals surface area contributed by atoms with Gasteiger partial charge in [0, 0.05) is 30.3 Å². The Morgan fingerprint density at radius 3 is 2.71 bits per heavy atom. The SMILES string of the molecule is CC(N)CN(C)c1ncc(Br)cc1Br. The Morgan fingerprint density at radius 1 is 1.57 bits per heavy atom. The van der Waals surface area contributed by atoms with E-state index in [2.05, 4.69) is 36.8 Å². The molecule has 0 fully saturated rings. The molecule has 5 heteroatoms. The second kappa shape index (κ2) is 5.09. The third kappa shape index (κ3) is 3.22. The average molecular weight is 323 g/mol. The average Bonchev–Trinajstić information content (AvgIpc) is 2.01. The van der Waals surface area contributed by atoms with Gasteiger partial charge in [0.2, 0.25) is 0 Å². The van der Waals surface area contributed by atoms with Gasteiger partial charge in [-0.2, -0.15) is 0 Å². The summed E-state index contributed by atoms with van der Waals surface area (Å²) in [4.78, 5) is 6.34. The van der Waals surface area contributed by atoms with Crippen molar-refractivity contribution in [3.63, 3.8) is 0 Å². The van der Waals surface area contributed by atoms with Crippen molar-refractivity contribution in [1.82, 2.24) is 4.98 Å². The van der Waals surface area contributed by atoms with Gasteiger partial charge in [0.25, 0.3) is 0 Å². The van der Waals surface area contributed by atoms with Gasteiger partial charge in [0.15, 0.2) is 0 Å². The number of halogens is 2. The second-order valence-corrected chi connectivity index (χ2v) is 5.09. The number of likely N-dealkylation sites (N-methyl/N-ethyl adjacent to an activating group) is 1. The molecule has 0 aliphatic heterocycles. The summed E-state index contributed by atoms with van der Waals surface area (Å²) >= 11 is 6.82. The summed E-state index contributed by atoms with van der Waals surface area (Å²) < 4.78 is 1.93. The summed E-state index contributed by atoms with van der Waals surface area (Å²) in [5.41, 5.74) is 5.72. The molecule has 0 amide bonds. The molecule has 2 N–H and O–H groups in total. The van der Waals surface area contributed by atoms with Gasteiger partial charge in [-0.15, -0.1) is 0 Å². The first-order valence-electron chi connectivity index (χ1n) is 4.28. The molecule has 0 aliphatic carbocycles. The molecule has 14 heavy (non-hydrogen) atoms. The number of rotatable bonds is 3. The van der Waals surface area contributed by atoms with E-state index in [1.807, 2.05) is 24.9 Å². The first-order valence-corrected chi connectivity index (χ1v) is 5.87. The Labute approximate surface area is 101 Å².